The molecule has 0 radical (unpaired) electrons. The molecule has 0 amide bonds. The van der Waals surface area contributed by atoms with Crippen molar-refractivity contribution in [3.05, 3.63) is 82.9 Å². The fourth-order valence-electron chi connectivity index (χ4n) is 2.56. The summed E-state index contributed by atoms with van der Waals surface area (Å²) >= 11 is 5.92. The first-order valence-corrected chi connectivity index (χ1v) is 10.6. The second-order valence-electron chi connectivity index (χ2n) is 6.51. The van der Waals surface area contributed by atoms with E-state index in [0.717, 1.165) is 12.0 Å². The highest BCUT2D eigenvalue weighted by molar-refractivity contribution is 6.30. The Morgan fingerprint density at radius 2 is 1.55 bits per heavy atom. The summed E-state index contributed by atoms with van der Waals surface area (Å²) in [5.41, 5.74) is 1.74. The van der Waals surface area contributed by atoms with E-state index in [1.54, 1.807) is 26.1 Å². The summed E-state index contributed by atoms with van der Waals surface area (Å²) < 4.78 is 15.2. The van der Waals surface area contributed by atoms with Crippen molar-refractivity contribution < 1.29 is 28.9 Å². The minimum Gasteiger partial charge on any atom is -0.506 e. The molecule has 0 saturated heterocycles. The number of esters is 2. The Labute approximate surface area is 197 Å². The fraction of sp³-hybridized carbons (Fsp3) is 0.250. The molecule has 1 aromatic carbocycles. The highest BCUT2D eigenvalue weighted by Crippen LogP contribution is 2.14. The highest BCUT2D eigenvalue weighted by Gasteiger charge is 2.08. The number of hydrogen-bond acceptors (Lipinski definition) is 8. The normalized spacial score (nSPS) is 9.91. The molecule has 0 spiro atoms. The molecule has 0 aliphatic carbocycles. The predicted octanol–water partition coefficient (Wildman–Crippen LogP) is 4.50. The highest BCUT2D eigenvalue weighted by atomic mass is 35.5. The smallest absolute Gasteiger partial charge is 0.339 e. The van der Waals surface area contributed by atoms with Crippen molar-refractivity contribution >= 4 is 23.5 Å². The minimum atomic E-state index is -0.471. The molecule has 9 heteroatoms. The molecule has 2 heterocycles. The number of pyridine rings is 2. The van der Waals surface area contributed by atoms with Gasteiger partial charge in [-0.3, -0.25) is 9.97 Å². The summed E-state index contributed by atoms with van der Waals surface area (Å²) in [6, 6.07) is 10.6. The van der Waals surface area contributed by atoms with Crippen molar-refractivity contribution in [2.75, 3.05) is 19.8 Å². The third-order valence-electron chi connectivity index (χ3n) is 4.01. The first-order chi connectivity index (χ1) is 15.9. The van der Waals surface area contributed by atoms with Crippen LogP contribution in [0.2, 0.25) is 5.02 Å². The third kappa shape index (κ3) is 9.16. The first-order valence-electron chi connectivity index (χ1n) is 10.2. The Kier molecular flexibility index (Phi) is 10.6. The van der Waals surface area contributed by atoms with Gasteiger partial charge in [-0.15, -0.1) is 0 Å². The van der Waals surface area contributed by atoms with Crippen molar-refractivity contribution in [1.29, 1.82) is 0 Å². The van der Waals surface area contributed by atoms with Gasteiger partial charge < -0.3 is 19.3 Å². The van der Waals surface area contributed by atoms with Gasteiger partial charge in [0.2, 0.25) is 0 Å². The molecular formula is C24H25ClN2O6. The Morgan fingerprint density at radius 1 is 0.909 bits per heavy atom. The van der Waals surface area contributed by atoms with Crippen LogP contribution in [-0.4, -0.2) is 46.8 Å². The topological polar surface area (TPSA) is 108 Å². The summed E-state index contributed by atoms with van der Waals surface area (Å²) in [6.45, 7) is 4.60. The van der Waals surface area contributed by atoms with Crippen LogP contribution in [0.4, 0.5) is 0 Å². The molecular weight excluding hydrogens is 448 g/mol. The predicted molar refractivity (Wildman–Crippen MR) is 123 cm³/mol. The zero-order chi connectivity index (χ0) is 24.1. The van der Waals surface area contributed by atoms with Gasteiger partial charge in [0.1, 0.15) is 11.5 Å². The van der Waals surface area contributed by atoms with Crippen LogP contribution in [-0.2, 0) is 15.9 Å². The third-order valence-corrected chi connectivity index (χ3v) is 4.24. The number of hydrogen-bond donors (Lipinski definition) is 1. The zero-order valence-corrected chi connectivity index (χ0v) is 19.1. The minimum absolute atomic E-state index is 0.0412. The molecule has 8 nitrogen and oxygen atoms in total. The summed E-state index contributed by atoms with van der Waals surface area (Å²) in [5, 5.41) is 9.67. The van der Waals surface area contributed by atoms with Crippen LogP contribution in [0.25, 0.3) is 0 Å². The monoisotopic (exact) mass is 472 g/mol. The Balaban J connectivity index is 0.000000273. The van der Waals surface area contributed by atoms with Gasteiger partial charge in [-0.25, -0.2) is 9.59 Å². The van der Waals surface area contributed by atoms with E-state index in [1.165, 1.54) is 24.7 Å². The van der Waals surface area contributed by atoms with Gasteiger partial charge in [-0.1, -0.05) is 23.7 Å². The van der Waals surface area contributed by atoms with E-state index in [2.05, 4.69) is 9.97 Å². The van der Waals surface area contributed by atoms with Crippen molar-refractivity contribution in [3.8, 4) is 11.5 Å². The Morgan fingerprint density at radius 3 is 2.15 bits per heavy atom. The fourth-order valence-corrected chi connectivity index (χ4v) is 2.77. The molecule has 1 N–H and O–H groups in total. The van der Waals surface area contributed by atoms with Crippen LogP contribution in [0.5, 0.6) is 11.5 Å². The van der Waals surface area contributed by atoms with Gasteiger partial charge in [-0.2, -0.15) is 0 Å². The van der Waals surface area contributed by atoms with Crippen molar-refractivity contribution in [2.24, 2.45) is 0 Å². The average Bonchev–Trinajstić information content (AvgIpc) is 2.80. The van der Waals surface area contributed by atoms with E-state index in [4.69, 9.17) is 30.9 Å². The van der Waals surface area contributed by atoms with E-state index >= 15 is 0 Å². The number of aromatic hydroxyl groups is 1. The van der Waals surface area contributed by atoms with E-state index in [9.17, 15) is 9.59 Å². The lowest BCUT2D eigenvalue weighted by atomic mass is 10.2. The van der Waals surface area contributed by atoms with Crippen LogP contribution in [0.15, 0.2) is 61.2 Å². The number of ether oxygens (including phenoxy) is 3. The molecule has 0 saturated carbocycles. The quantitative estimate of drug-likeness (QED) is 0.477. The SMILES string of the molecule is CCOC(=O)c1cncc(O)c1.CCOC(=O)c1cncc(OCCc2cccc(Cl)c2)c1. The zero-order valence-electron chi connectivity index (χ0n) is 18.4. The van der Waals surface area contributed by atoms with Crippen LogP contribution in [0.3, 0.4) is 0 Å². The number of aromatic nitrogens is 2. The standard InChI is InChI=1S/C16H16ClNO3.C8H9NO3/c1-2-20-16(19)13-9-15(11-18-10-13)21-7-6-12-4-3-5-14(17)8-12;1-2-12-8(11)6-3-7(10)5-9-4-6/h3-5,8-11H,2,6-7H2,1H3;3-5,10H,2H2,1H3. The average molecular weight is 473 g/mol. The van der Waals surface area contributed by atoms with Gasteiger partial charge in [0.05, 0.1) is 43.3 Å². The van der Waals surface area contributed by atoms with E-state index < -0.39 is 11.9 Å². The second kappa shape index (κ2) is 13.7. The maximum Gasteiger partial charge on any atom is 0.339 e. The lowest BCUT2D eigenvalue weighted by Crippen LogP contribution is -2.06. The van der Waals surface area contributed by atoms with Crippen molar-refractivity contribution in [2.45, 2.75) is 20.3 Å². The summed E-state index contributed by atoms with van der Waals surface area (Å²) in [4.78, 5) is 30.2. The molecule has 0 unspecified atom stereocenters. The van der Waals surface area contributed by atoms with Gasteiger partial charge in [-0.05, 0) is 43.7 Å². The Hall–Kier alpha value is -3.65. The molecule has 2 aromatic heterocycles. The summed E-state index contributed by atoms with van der Waals surface area (Å²) in [6.07, 6.45) is 6.35. The summed E-state index contributed by atoms with van der Waals surface area (Å²) in [7, 11) is 0. The molecule has 0 aliphatic rings. The number of carbonyl (C=O) groups is 2. The lowest BCUT2D eigenvalue weighted by Gasteiger charge is -2.07. The van der Waals surface area contributed by atoms with Gasteiger partial charge in [0.15, 0.2) is 0 Å². The number of nitrogens with zero attached hydrogens (tertiary/aromatic N) is 2. The second-order valence-corrected chi connectivity index (χ2v) is 6.95. The summed E-state index contributed by atoms with van der Waals surface area (Å²) in [5.74, 6) is -0.366. The van der Waals surface area contributed by atoms with Gasteiger partial charge in [0, 0.05) is 23.8 Å². The maximum absolute atomic E-state index is 11.6. The van der Waals surface area contributed by atoms with Crippen LogP contribution >= 0.6 is 11.6 Å². The molecule has 33 heavy (non-hydrogen) atoms. The van der Waals surface area contributed by atoms with E-state index in [0.29, 0.717) is 36.2 Å². The largest absolute Gasteiger partial charge is 0.506 e. The first kappa shape index (κ1) is 25.6. The molecule has 174 valence electrons. The number of benzene rings is 1. The molecule has 3 rings (SSSR count). The van der Waals surface area contributed by atoms with E-state index in [1.807, 2.05) is 24.3 Å². The van der Waals surface area contributed by atoms with Gasteiger partial charge in [0.25, 0.3) is 0 Å². The molecule has 0 fully saturated rings. The molecule has 0 aliphatic heterocycles. The lowest BCUT2D eigenvalue weighted by molar-refractivity contribution is 0.0516. The maximum atomic E-state index is 11.6. The van der Waals surface area contributed by atoms with Crippen molar-refractivity contribution in [1.82, 2.24) is 9.97 Å². The van der Waals surface area contributed by atoms with Crippen LogP contribution in [0.1, 0.15) is 40.1 Å². The number of halogens is 1. The van der Waals surface area contributed by atoms with Crippen LogP contribution in [0, 0.1) is 0 Å². The molecule has 0 bridgehead atoms. The Bertz CT molecular complexity index is 1060. The molecule has 0 atom stereocenters. The van der Waals surface area contributed by atoms with Gasteiger partial charge >= 0.3 is 11.9 Å². The molecule has 3 aromatic rings. The number of carbonyl (C=O) groups excluding carboxylic acids is 2. The van der Waals surface area contributed by atoms with E-state index in [-0.39, 0.29) is 11.3 Å². The number of rotatable bonds is 8. The van der Waals surface area contributed by atoms with Crippen LogP contribution < -0.4 is 4.74 Å². The van der Waals surface area contributed by atoms with Crippen molar-refractivity contribution in [3.63, 3.8) is 0 Å².